The number of anilines is 1. The van der Waals surface area contributed by atoms with E-state index in [0.29, 0.717) is 22.9 Å². The Labute approximate surface area is 145 Å². The minimum Gasteiger partial charge on any atom is -0.493 e. The van der Waals surface area contributed by atoms with Gasteiger partial charge in [-0.05, 0) is 17.7 Å². The fourth-order valence-electron chi connectivity index (χ4n) is 2.10. The molecule has 8 heteroatoms. The molecule has 0 aliphatic heterocycles. The number of carbonyl (C=O) groups excluding carboxylic acids is 2. The van der Waals surface area contributed by atoms with Gasteiger partial charge in [0.2, 0.25) is 5.75 Å². The van der Waals surface area contributed by atoms with Crippen LogP contribution < -0.4 is 24.8 Å². The Bertz CT molecular complexity index is 724. The first kappa shape index (κ1) is 18.1. The van der Waals surface area contributed by atoms with E-state index in [-0.39, 0.29) is 6.54 Å². The van der Waals surface area contributed by atoms with Crippen LogP contribution in [0.2, 0.25) is 0 Å². The summed E-state index contributed by atoms with van der Waals surface area (Å²) in [6.45, 7) is 0.226. The minimum absolute atomic E-state index is 0.226. The zero-order valence-corrected chi connectivity index (χ0v) is 14.2. The molecule has 0 saturated carbocycles. The first-order chi connectivity index (χ1) is 12.1. The monoisotopic (exact) mass is 345 g/mol. The second-order valence-corrected chi connectivity index (χ2v) is 4.91. The van der Waals surface area contributed by atoms with Crippen LogP contribution in [0.25, 0.3) is 0 Å². The van der Waals surface area contributed by atoms with Crippen molar-refractivity contribution in [3.05, 3.63) is 42.2 Å². The third kappa shape index (κ3) is 4.60. The number of carbonyl (C=O) groups is 2. The number of ether oxygens (including phenoxy) is 3. The van der Waals surface area contributed by atoms with Gasteiger partial charge in [0.25, 0.3) is 0 Å². The number of benzene rings is 1. The topological polar surface area (TPSA) is 98.8 Å². The summed E-state index contributed by atoms with van der Waals surface area (Å²) < 4.78 is 15.6. The van der Waals surface area contributed by atoms with E-state index in [1.54, 1.807) is 24.5 Å². The van der Waals surface area contributed by atoms with Gasteiger partial charge in [-0.3, -0.25) is 14.6 Å². The maximum absolute atomic E-state index is 12.0. The standard InChI is InChI=1S/C17H19N3O5/c1-23-13-8-12(9-14(24-2)15(13)25-3)20-17(22)16(21)19-10-11-4-6-18-7-5-11/h4-9H,10H2,1-3H3,(H,19,21)(H,20,22). The van der Waals surface area contributed by atoms with Crippen molar-refractivity contribution in [1.29, 1.82) is 0 Å². The van der Waals surface area contributed by atoms with E-state index < -0.39 is 11.8 Å². The molecule has 0 spiro atoms. The van der Waals surface area contributed by atoms with Crippen LogP contribution in [0.15, 0.2) is 36.7 Å². The predicted octanol–water partition coefficient (Wildman–Crippen LogP) is 1.36. The lowest BCUT2D eigenvalue weighted by molar-refractivity contribution is -0.136. The van der Waals surface area contributed by atoms with Crippen molar-refractivity contribution in [2.75, 3.05) is 26.6 Å². The molecule has 25 heavy (non-hydrogen) atoms. The molecule has 0 atom stereocenters. The summed E-state index contributed by atoms with van der Waals surface area (Å²) in [4.78, 5) is 27.9. The Kier molecular flexibility index (Phi) is 6.16. The third-order valence-electron chi connectivity index (χ3n) is 3.33. The van der Waals surface area contributed by atoms with E-state index in [9.17, 15) is 9.59 Å². The van der Waals surface area contributed by atoms with E-state index in [0.717, 1.165) is 5.56 Å². The van der Waals surface area contributed by atoms with Crippen LogP contribution in [0, 0.1) is 0 Å². The molecule has 1 heterocycles. The summed E-state index contributed by atoms with van der Waals surface area (Å²) in [6.07, 6.45) is 3.22. The van der Waals surface area contributed by atoms with Gasteiger partial charge >= 0.3 is 11.8 Å². The van der Waals surface area contributed by atoms with Crippen LogP contribution in [0.1, 0.15) is 5.56 Å². The zero-order valence-electron chi connectivity index (χ0n) is 14.2. The van der Waals surface area contributed by atoms with Crippen LogP contribution in [-0.2, 0) is 16.1 Å². The molecule has 2 aromatic rings. The fraction of sp³-hybridized carbons (Fsp3) is 0.235. The number of aromatic nitrogens is 1. The third-order valence-corrected chi connectivity index (χ3v) is 3.33. The molecule has 8 nitrogen and oxygen atoms in total. The highest BCUT2D eigenvalue weighted by Crippen LogP contribution is 2.39. The van der Waals surface area contributed by atoms with Gasteiger partial charge < -0.3 is 24.8 Å². The van der Waals surface area contributed by atoms with Crippen LogP contribution in [0.5, 0.6) is 17.2 Å². The van der Waals surface area contributed by atoms with E-state index in [2.05, 4.69) is 15.6 Å². The normalized spacial score (nSPS) is 9.88. The highest BCUT2D eigenvalue weighted by molar-refractivity contribution is 6.39. The summed E-state index contributed by atoms with van der Waals surface area (Å²) in [6, 6.07) is 6.57. The lowest BCUT2D eigenvalue weighted by atomic mass is 10.2. The molecule has 0 unspecified atom stereocenters. The number of amides is 2. The number of methoxy groups -OCH3 is 3. The van der Waals surface area contributed by atoms with Gasteiger partial charge in [0, 0.05) is 36.8 Å². The van der Waals surface area contributed by atoms with Crippen LogP contribution in [0.3, 0.4) is 0 Å². The Morgan fingerprint density at radius 1 is 0.960 bits per heavy atom. The number of nitrogens with zero attached hydrogens (tertiary/aromatic N) is 1. The van der Waals surface area contributed by atoms with E-state index in [1.165, 1.54) is 33.5 Å². The van der Waals surface area contributed by atoms with Crippen molar-refractivity contribution in [3.63, 3.8) is 0 Å². The first-order valence-corrected chi connectivity index (χ1v) is 7.37. The molecule has 2 amide bonds. The molecule has 0 fully saturated rings. The Balaban J connectivity index is 2.05. The zero-order chi connectivity index (χ0) is 18.2. The summed E-state index contributed by atoms with van der Waals surface area (Å²) in [5.74, 6) is -0.428. The second-order valence-electron chi connectivity index (χ2n) is 4.91. The van der Waals surface area contributed by atoms with Gasteiger partial charge in [-0.15, -0.1) is 0 Å². The van der Waals surface area contributed by atoms with Gasteiger partial charge in [0.15, 0.2) is 11.5 Å². The van der Waals surface area contributed by atoms with Gasteiger partial charge in [-0.2, -0.15) is 0 Å². The largest absolute Gasteiger partial charge is 0.493 e. The van der Waals surface area contributed by atoms with Crippen molar-refractivity contribution >= 4 is 17.5 Å². The molecule has 0 aliphatic rings. The molecule has 1 aromatic heterocycles. The molecule has 132 valence electrons. The Hall–Kier alpha value is -3.29. The van der Waals surface area contributed by atoms with Gasteiger partial charge in [-0.25, -0.2) is 0 Å². The van der Waals surface area contributed by atoms with Crippen molar-refractivity contribution in [2.45, 2.75) is 6.54 Å². The van der Waals surface area contributed by atoms with Crippen LogP contribution in [-0.4, -0.2) is 38.1 Å². The van der Waals surface area contributed by atoms with Crippen molar-refractivity contribution in [1.82, 2.24) is 10.3 Å². The molecule has 2 N–H and O–H groups in total. The van der Waals surface area contributed by atoms with Crippen LogP contribution >= 0.6 is 0 Å². The maximum Gasteiger partial charge on any atom is 0.313 e. The molecular formula is C17H19N3O5. The number of pyridine rings is 1. The van der Waals surface area contributed by atoms with E-state index in [1.807, 2.05) is 0 Å². The summed E-state index contributed by atoms with van der Waals surface area (Å²) in [5.41, 5.74) is 1.18. The molecule has 1 aromatic carbocycles. The van der Waals surface area contributed by atoms with Gasteiger partial charge in [-0.1, -0.05) is 0 Å². The van der Waals surface area contributed by atoms with E-state index >= 15 is 0 Å². The van der Waals surface area contributed by atoms with Crippen molar-refractivity contribution < 1.29 is 23.8 Å². The quantitative estimate of drug-likeness (QED) is 0.767. The summed E-state index contributed by atoms with van der Waals surface area (Å²) in [7, 11) is 4.40. The molecule has 0 bridgehead atoms. The predicted molar refractivity (Wildman–Crippen MR) is 90.8 cm³/mol. The minimum atomic E-state index is -0.802. The molecule has 0 radical (unpaired) electrons. The lowest BCUT2D eigenvalue weighted by Gasteiger charge is -2.14. The highest BCUT2D eigenvalue weighted by atomic mass is 16.5. The molecule has 2 rings (SSSR count). The number of hydrogen-bond donors (Lipinski definition) is 2. The Morgan fingerprint density at radius 2 is 1.56 bits per heavy atom. The van der Waals surface area contributed by atoms with Crippen molar-refractivity contribution in [2.24, 2.45) is 0 Å². The van der Waals surface area contributed by atoms with Gasteiger partial charge in [0.1, 0.15) is 0 Å². The average Bonchev–Trinajstić information content (AvgIpc) is 2.65. The molecular weight excluding hydrogens is 326 g/mol. The summed E-state index contributed by atoms with van der Waals surface area (Å²) in [5, 5.41) is 5.03. The molecule has 0 aliphatic carbocycles. The fourth-order valence-corrected chi connectivity index (χ4v) is 2.10. The van der Waals surface area contributed by atoms with Crippen LogP contribution in [0.4, 0.5) is 5.69 Å². The van der Waals surface area contributed by atoms with E-state index in [4.69, 9.17) is 14.2 Å². The number of rotatable bonds is 6. The van der Waals surface area contributed by atoms with Crippen molar-refractivity contribution in [3.8, 4) is 17.2 Å². The Morgan fingerprint density at radius 3 is 2.08 bits per heavy atom. The summed E-state index contributed by atoms with van der Waals surface area (Å²) >= 11 is 0. The smallest absolute Gasteiger partial charge is 0.313 e. The second kappa shape index (κ2) is 8.53. The van der Waals surface area contributed by atoms with Gasteiger partial charge in [0.05, 0.1) is 21.3 Å². The average molecular weight is 345 g/mol. The molecule has 0 saturated heterocycles. The first-order valence-electron chi connectivity index (χ1n) is 7.37. The highest BCUT2D eigenvalue weighted by Gasteiger charge is 2.17. The number of nitrogens with one attached hydrogen (secondary N) is 2. The maximum atomic E-state index is 12.0. The lowest BCUT2D eigenvalue weighted by Crippen LogP contribution is -2.34. The number of hydrogen-bond acceptors (Lipinski definition) is 6. The SMILES string of the molecule is COc1cc(NC(=O)C(=O)NCc2ccncc2)cc(OC)c1OC.